The summed E-state index contributed by atoms with van der Waals surface area (Å²) in [4.78, 5) is 26.6. The van der Waals surface area contributed by atoms with E-state index in [9.17, 15) is 9.59 Å². The number of carbonyl (C=O) groups excluding carboxylic acids is 2. The maximum Gasteiger partial charge on any atom is 0.248 e. The molecule has 0 bridgehead atoms. The van der Waals surface area contributed by atoms with Gasteiger partial charge in [0, 0.05) is 17.9 Å². The van der Waals surface area contributed by atoms with Crippen LogP contribution in [0.5, 0.6) is 0 Å². The van der Waals surface area contributed by atoms with E-state index in [0.717, 1.165) is 24.1 Å². The Balaban J connectivity index is 1.79. The summed E-state index contributed by atoms with van der Waals surface area (Å²) in [5.41, 5.74) is 2.03. The fourth-order valence-corrected chi connectivity index (χ4v) is 4.92. The van der Waals surface area contributed by atoms with E-state index in [4.69, 9.17) is 0 Å². The van der Waals surface area contributed by atoms with Gasteiger partial charge in [-0.05, 0) is 37.3 Å². The van der Waals surface area contributed by atoms with Crippen molar-refractivity contribution in [3.05, 3.63) is 29.8 Å². The molecular weight excluding hydrogens is 308 g/mol. The molecule has 0 radical (unpaired) electrons. The van der Waals surface area contributed by atoms with Crippen LogP contribution < -0.4 is 5.32 Å². The van der Waals surface area contributed by atoms with Crippen LogP contribution in [0.25, 0.3) is 0 Å². The summed E-state index contributed by atoms with van der Waals surface area (Å²) < 4.78 is 0. The third kappa shape index (κ3) is 2.87. The molecule has 3 atom stereocenters. The first kappa shape index (κ1) is 16.4. The second-order valence-corrected chi connectivity index (χ2v) is 8.15. The molecule has 1 N–H and O–H groups in total. The molecule has 2 aliphatic heterocycles. The van der Waals surface area contributed by atoms with Crippen molar-refractivity contribution in [2.75, 3.05) is 11.1 Å². The minimum atomic E-state index is -0.356. The normalized spacial score (nSPS) is 27.9. The minimum Gasteiger partial charge on any atom is -0.324 e. The fraction of sp³-hybridized carbons (Fsp3) is 0.556. The standard InChI is InChI=1S/C18H24N2O2S/c1-4-12(2)13-7-5-6-8-14(13)19-17(22)15-11-23-18(3)10-9-16(21)20(15)18/h5-8,12,15H,4,9-11H2,1-3H3,(H,19,22)/t12-,15+,18+/m0/s1. The molecule has 2 saturated heterocycles. The van der Waals surface area contributed by atoms with Crippen LogP contribution in [0.4, 0.5) is 5.69 Å². The molecule has 2 aliphatic rings. The number of rotatable bonds is 4. The molecule has 5 heteroatoms. The van der Waals surface area contributed by atoms with Gasteiger partial charge in [0.2, 0.25) is 11.8 Å². The first-order chi connectivity index (χ1) is 11.0. The number of fused-ring (bicyclic) bond motifs is 1. The zero-order valence-electron chi connectivity index (χ0n) is 14.0. The highest BCUT2D eigenvalue weighted by molar-refractivity contribution is 8.01. The Morgan fingerprint density at radius 2 is 2.22 bits per heavy atom. The Morgan fingerprint density at radius 3 is 2.96 bits per heavy atom. The minimum absolute atomic E-state index is 0.0628. The Kier molecular flexibility index (Phi) is 4.41. The monoisotopic (exact) mass is 332 g/mol. The van der Waals surface area contributed by atoms with Crippen LogP contribution in [-0.2, 0) is 9.59 Å². The molecular formula is C18H24N2O2S. The molecule has 1 aromatic carbocycles. The quantitative estimate of drug-likeness (QED) is 0.916. The van der Waals surface area contributed by atoms with Crippen molar-refractivity contribution >= 4 is 29.3 Å². The van der Waals surface area contributed by atoms with E-state index in [1.54, 1.807) is 16.7 Å². The highest BCUT2D eigenvalue weighted by Crippen LogP contribution is 2.47. The molecule has 4 nitrogen and oxygen atoms in total. The Morgan fingerprint density at radius 1 is 1.48 bits per heavy atom. The molecule has 0 spiro atoms. The summed E-state index contributed by atoms with van der Waals surface area (Å²) in [5, 5.41) is 3.07. The lowest BCUT2D eigenvalue weighted by atomic mass is 9.97. The molecule has 124 valence electrons. The van der Waals surface area contributed by atoms with Crippen LogP contribution in [0.1, 0.15) is 51.5 Å². The van der Waals surface area contributed by atoms with Crippen molar-refractivity contribution in [1.29, 1.82) is 0 Å². The number of thioether (sulfide) groups is 1. The molecule has 0 aromatic heterocycles. The number of anilines is 1. The van der Waals surface area contributed by atoms with Crippen molar-refractivity contribution in [2.45, 2.75) is 56.9 Å². The summed E-state index contributed by atoms with van der Waals surface area (Å²) in [5.74, 6) is 1.11. The lowest BCUT2D eigenvalue weighted by Crippen LogP contribution is -2.48. The number of carbonyl (C=O) groups is 2. The largest absolute Gasteiger partial charge is 0.324 e. The van der Waals surface area contributed by atoms with E-state index < -0.39 is 0 Å². The van der Waals surface area contributed by atoms with Gasteiger partial charge in [0.05, 0.1) is 4.87 Å². The third-order valence-corrected chi connectivity index (χ3v) is 6.61. The van der Waals surface area contributed by atoms with Gasteiger partial charge in [-0.2, -0.15) is 0 Å². The highest BCUT2D eigenvalue weighted by atomic mass is 32.2. The van der Waals surface area contributed by atoms with Crippen LogP contribution in [0.2, 0.25) is 0 Å². The topological polar surface area (TPSA) is 49.4 Å². The van der Waals surface area contributed by atoms with Gasteiger partial charge in [-0.25, -0.2) is 0 Å². The summed E-state index contributed by atoms with van der Waals surface area (Å²) >= 11 is 1.73. The summed E-state index contributed by atoms with van der Waals surface area (Å²) in [6.07, 6.45) is 2.41. The van der Waals surface area contributed by atoms with Gasteiger partial charge in [0.1, 0.15) is 6.04 Å². The van der Waals surface area contributed by atoms with Crippen molar-refractivity contribution in [3.63, 3.8) is 0 Å². The summed E-state index contributed by atoms with van der Waals surface area (Å²) in [6.45, 7) is 6.38. The average molecular weight is 332 g/mol. The van der Waals surface area contributed by atoms with E-state index >= 15 is 0 Å². The van der Waals surface area contributed by atoms with Crippen molar-refractivity contribution in [3.8, 4) is 0 Å². The molecule has 0 unspecified atom stereocenters. The maximum absolute atomic E-state index is 12.8. The zero-order valence-corrected chi connectivity index (χ0v) is 14.8. The second kappa shape index (κ2) is 6.19. The maximum atomic E-state index is 12.8. The van der Waals surface area contributed by atoms with E-state index in [0.29, 0.717) is 18.1 Å². The number of nitrogens with one attached hydrogen (secondary N) is 1. The van der Waals surface area contributed by atoms with Gasteiger partial charge in [0.15, 0.2) is 0 Å². The van der Waals surface area contributed by atoms with Crippen molar-refractivity contribution in [1.82, 2.24) is 4.90 Å². The van der Waals surface area contributed by atoms with E-state index in [1.165, 1.54) is 0 Å². The molecule has 3 rings (SSSR count). The van der Waals surface area contributed by atoms with Crippen LogP contribution in [-0.4, -0.2) is 33.4 Å². The van der Waals surface area contributed by atoms with Gasteiger partial charge in [0.25, 0.3) is 0 Å². The number of hydrogen-bond acceptors (Lipinski definition) is 3. The molecule has 2 heterocycles. The lowest BCUT2D eigenvalue weighted by Gasteiger charge is -2.30. The smallest absolute Gasteiger partial charge is 0.248 e. The number of benzene rings is 1. The molecule has 0 saturated carbocycles. The first-order valence-electron chi connectivity index (χ1n) is 8.32. The average Bonchev–Trinajstić information content (AvgIpc) is 3.04. The number of nitrogens with zero attached hydrogens (tertiary/aromatic N) is 1. The van der Waals surface area contributed by atoms with Crippen LogP contribution >= 0.6 is 11.8 Å². The van der Waals surface area contributed by atoms with Crippen LogP contribution in [0.3, 0.4) is 0 Å². The summed E-state index contributed by atoms with van der Waals surface area (Å²) in [7, 11) is 0. The molecule has 1 aromatic rings. The number of para-hydroxylation sites is 1. The Bertz CT molecular complexity index is 633. The fourth-order valence-electron chi connectivity index (χ4n) is 3.49. The number of hydrogen-bond donors (Lipinski definition) is 1. The van der Waals surface area contributed by atoms with Gasteiger partial charge < -0.3 is 10.2 Å². The van der Waals surface area contributed by atoms with Gasteiger partial charge in [-0.1, -0.05) is 32.0 Å². The SMILES string of the molecule is CC[C@H](C)c1ccccc1NC(=O)[C@H]1CS[C@]2(C)CCC(=O)N12. The molecule has 23 heavy (non-hydrogen) atoms. The van der Waals surface area contributed by atoms with Crippen molar-refractivity contribution < 1.29 is 9.59 Å². The lowest BCUT2D eigenvalue weighted by molar-refractivity contribution is -0.135. The Labute approximate surface area is 142 Å². The summed E-state index contributed by atoms with van der Waals surface area (Å²) in [6, 6.07) is 7.61. The predicted molar refractivity (Wildman–Crippen MR) is 94.5 cm³/mol. The van der Waals surface area contributed by atoms with Gasteiger partial charge >= 0.3 is 0 Å². The third-order valence-electron chi connectivity index (χ3n) is 5.11. The molecule has 0 aliphatic carbocycles. The van der Waals surface area contributed by atoms with Gasteiger partial charge in [-0.15, -0.1) is 11.8 Å². The van der Waals surface area contributed by atoms with Crippen LogP contribution in [0, 0.1) is 0 Å². The van der Waals surface area contributed by atoms with Crippen LogP contribution in [0.15, 0.2) is 24.3 Å². The Hall–Kier alpha value is -1.49. The molecule has 2 fully saturated rings. The second-order valence-electron chi connectivity index (χ2n) is 6.65. The van der Waals surface area contributed by atoms with E-state index in [2.05, 4.69) is 32.2 Å². The zero-order chi connectivity index (χ0) is 16.6. The predicted octanol–water partition coefficient (Wildman–Crippen LogP) is 3.59. The van der Waals surface area contributed by atoms with Crippen molar-refractivity contribution in [2.24, 2.45) is 0 Å². The molecule has 2 amide bonds. The van der Waals surface area contributed by atoms with Gasteiger partial charge in [-0.3, -0.25) is 9.59 Å². The van der Waals surface area contributed by atoms with E-state index in [1.807, 2.05) is 18.2 Å². The van der Waals surface area contributed by atoms with E-state index in [-0.39, 0.29) is 22.7 Å². The first-order valence-corrected chi connectivity index (χ1v) is 9.30. The highest BCUT2D eigenvalue weighted by Gasteiger charge is 2.52. The number of amides is 2.